The Morgan fingerprint density at radius 3 is 2.52 bits per heavy atom. The maximum atomic E-state index is 12.5. The number of rotatable bonds is 7. The molecule has 0 spiro atoms. The average molecular weight is 352 g/mol. The lowest BCUT2D eigenvalue weighted by Gasteiger charge is -2.25. The van der Waals surface area contributed by atoms with Gasteiger partial charge in [0.25, 0.3) is 0 Å². The van der Waals surface area contributed by atoms with Gasteiger partial charge in [0, 0.05) is 24.8 Å². The fourth-order valence-corrected chi connectivity index (χ4v) is 3.59. The van der Waals surface area contributed by atoms with Crippen LogP contribution in [0.15, 0.2) is 30.3 Å². The zero-order valence-corrected chi connectivity index (χ0v) is 14.4. The van der Waals surface area contributed by atoms with E-state index in [0.717, 1.165) is 30.8 Å². The second kappa shape index (κ2) is 9.24. The predicted molar refractivity (Wildman–Crippen MR) is 91.5 cm³/mol. The standard InChI is InChI=1S/C18H26BrNO/c19-13-14-20(15-17-9-5-2-6-10-17)18(21)12-11-16-7-3-1-4-8-16/h2,5-6,9-10,16H,1,3-4,7-8,11-15H2. The van der Waals surface area contributed by atoms with Crippen LogP contribution >= 0.6 is 15.9 Å². The number of halogens is 1. The molecule has 0 atom stereocenters. The minimum Gasteiger partial charge on any atom is -0.338 e. The first-order valence-corrected chi connectivity index (χ1v) is 9.29. The van der Waals surface area contributed by atoms with E-state index >= 15 is 0 Å². The lowest BCUT2D eigenvalue weighted by Crippen LogP contribution is -2.32. The quantitative estimate of drug-likeness (QED) is 0.647. The fourth-order valence-electron chi connectivity index (χ4n) is 3.16. The summed E-state index contributed by atoms with van der Waals surface area (Å²) < 4.78 is 0. The first-order chi connectivity index (χ1) is 10.3. The predicted octanol–water partition coefficient (Wildman–Crippen LogP) is 4.77. The van der Waals surface area contributed by atoms with Crippen LogP contribution in [0, 0.1) is 5.92 Å². The summed E-state index contributed by atoms with van der Waals surface area (Å²) in [7, 11) is 0. The van der Waals surface area contributed by atoms with Gasteiger partial charge in [-0.1, -0.05) is 78.4 Å². The van der Waals surface area contributed by atoms with Gasteiger partial charge in [0.1, 0.15) is 0 Å². The minimum absolute atomic E-state index is 0.309. The van der Waals surface area contributed by atoms with Crippen molar-refractivity contribution < 1.29 is 4.79 Å². The molecule has 116 valence electrons. The summed E-state index contributed by atoms with van der Waals surface area (Å²) in [5, 5.41) is 0.842. The molecule has 3 heteroatoms. The summed E-state index contributed by atoms with van der Waals surface area (Å²) in [6.45, 7) is 1.52. The molecule has 1 fully saturated rings. The molecule has 2 rings (SSSR count). The van der Waals surface area contributed by atoms with Gasteiger partial charge in [0.05, 0.1) is 0 Å². The van der Waals surface area contributed by atoms with Crippen molar-refractivity contribution in [3.05, 3.63) is 35.9 Å². The average Bonchev–Trinajstić information content (AvgIpc) is 2.54. The second-order valence-corrected chi connectivity index (χ2v) is 6.83. The Kier molecular flexibility index (Phi) is 7.28. The molecule has 2 nitrogen and oxygen atoms in total. The Morgan fingerprint density at radius 1 is 1.14 bits per heavy atom. The number of alkyl halides is 1. The maximum absolute atomic E-state index is 12.5. The minimum atomic E-state index is 0.309. The number of carbonyl (C=O) groups excluding carboxylic acids is 1. The molecule has 0 bridgehead atoms. The molecule has 21 heavy (non-hydrogen) atoms. The van der Waals surface area contributed by atoms with Crippen LogP contribution in [0.5, 0.6) is 0 Å². The first-order valence-electron chi connectivity index (χ1n) is 8.17. The van der Waals surface area contributed by atoms with E-state index in [1.807, 2.05) is 23.1 Å². The second-order valence-electron chi connectivity index (χ2n) is 6.03. The SMILES string of the molecule is O=C(CCC1CCCCC1)N(CCBr)Cc1ccccc1. The third kappa shape index (κ3) is 5.82. The Bertz CT molecular complexity index is 414. The highest BCUT2D eigenvalue weighted by Crippen LogP contribution is 2.27. The van der Waals surface area contributed by atoms with Gasteiger partial charge in [-0.3, -0.25) is 4.79 Å². The van der Waals surface area contributed by atoms with Crippen LogP contribution in [-0.4, -0.2) is 22.7 Å². The van der Waals surface area contributed by atoms with Gasteiger partial charge in [0.15, 0.2) is 0 Å². The van der Waals surface area contributed by atoms with E-state index in [1.165, 1.54) is 37.7 Å². The number of nitrogens with zero attached hydrogens (tertiary/aromatic N) is 1. The molecule has 0 saturated heterocycles. The van der Waals surface area contributed by atoms with E-state index < -0.39 is 0 Å². The van der Waals surface area contributed by atoms with Crippen LogP contribution < -0.4 is 0 Å². The molecule has 1 aromatic carbocycles. The summed E-state index contributed by atoms with van der Waals surface area (Å²) in [6, 6.07) is 10.3. The zero-order valence-electron chi connectivity index (χ0n) is 12.8. The number of amides is 1. The monoisotopic (exact) mass is 351 g/mol. The van der Waals surface area contributed by atoms with E-state index in [-0.39, 0.29) is 0 Å². The third-order valence-corrected chi connectivity index (χ3v) is 4.77. The molecule has 0 N–H and O–H groups in total. The Hall–Kier alpha value is -0.830. The largest absolute Gasteiger partial charge is 0.338 e. The highest BCUT2D eigenvalue weighted by atomic mass is 79.9. The topological polar surface area (TPSA) is 20.3 Å². The zero-order chi connectivity index (χ0) is 14.9. The van der Waals surface area contributed by atoms with Crippen LogP contribution in [0.4, 0.5) is 0 Å². The summed E-state index contributed by atoms with van der Waals surface area (Å²) in [6.07, 6.45) is 8.53. The van der Waals surface area contributed by atoms with Crippen LogP contribution in [0.3, 0.4) is 0 Å². The maximum Gasteiger partial charge on any atom is 0.222 e. The van der Waals surface area contributed by atoms with Gasteiger partial charge in [-0.05, 0) is 17.9 Å². The van der Waals surface area contributed by atoms with Crippen molar-refractivity contribution in [2.75, 3.05) is 11.9 Å². The van der Waals surface area contributed by atoms with Crippen LogP contribution in [0.2, 0.25) is 0 Å². The van der Waals surface area contributed by atoms with E-state index in [0.29, 0.717) is 12.3 Å². The van der Waals surface area contributed by atoms with Crippen molar-refractivity contribution in [2.24, 2.45) is 5.92 Å². The van der Waals surface area contributed by atoms with Gasteiger partial charge in [0.2, 0.25) is 5.91 Å². The molecule has 1 saturated carbocycles. The van der Waals surface area contributed by atoms with Crippen molar-refractivity contribution in [1.29, 1.82) is 0 Å². The molecule has 1 aromatic rings. The van der Waals surface area contributed by atoms with E-state index in [1.54, 1.807) is 0 Å². The van der Waals surface area contributed by atoms with Crippen molar-refractivity contribution >= 4 is 21.8 Å². The van der Waals surface area contributed by atoms with Crippen molar-refractivity contribution in [1.82, 2.24) is 4.90 Å². The first kappa shape index (κ1) is 16.5. The Labute approximate surface area is 137 Å². The number of benzene rings is 1. The lowest BCUT2D eigenvalue weighted by atomic mass is 9.86. The Balaban J connectivity index is 1.83. The van der Waals surface area contributed by atoms with Crippen LogP contribution in [-0.2, 0) is 11.3 Å². The fraction of sp³-hybridized carbons (Fsp3) is 0.611. The normalized spacial score (nSPS) is 15.9. The molecule has 1 amide bonds. The van der Waals surface area contributed by atoms with Crippen LogP contribution in [0.1, 0.15) is 50.5 Å². The van der Waals surface area contributed by atoms with Gasteiger partial charge in [-0.25, -0.2) is 0 Å². The van der Waals surface area contributed by atoms with Crippen molar-refractivity contribution in [3.63, 3.8) is 0 Å². The molecule has 0 unspecified atom stereocenters. The number of hydrogen-bond donors (Lipinski definition) is 0. The molecule has 0 heterocycles. The summed E-state index contributed by atoms with van der Waals surface area (Å²) in [5.41, 5.74) is 1.21. The van der Waals surface area contributed by atoms with E-state index in [9.17, 15) is 4.79 Å². The summed E-state index contributed by atoms with van der Waals surface area (Å²) >= 11 is 3.47. The number of carbonyl (C=O) groups is 1. The van der Waals surface area contributed by atoms with Gasteiger partial charge < -0.3 is 4.90 Å². The highest BCUT2D eigenvalue weighted by molar-refractivity contribution is 9.09. The molecular formula is C18H26BrNO. The molecule has 1 aliphatic carbocycles. The molecule has 1 aliphatic rings. The van der Waals surface area contributed by atoms with Gasteiger partial charge in [-0.2, -0.15) is 0 Å². The highest BCUT2D eigenvalue weighted by Gasteiger charge is 2.18. The van der Waals surface area contributed by atoms with E-state index in [2.05, 4.69) is 28.1 Å². The summed E-state index contributed by atoms with van der Waals surface area (Å²) in [5.74, 6) is 1.09. The lowest BCUT2D eigenvalue weighted by molar-refractivity contribution is -0.131. The van der Waals surface area contributed by atoms with Crippen molar-refractivity contribution in [3.8, 4) is 0 Å². The van der Waals surface area contributed by atoms with Gasteiger partial charge in [-0.15, -0.1) is 0 Å². The van der Waals surface area contributed by atoms with Crippen LogP contribution in [0.25, 0.3) is 0 Å². The van der Waals surface area contributed by atoms with Crippen molar-refractivity contribution in [2.45, 2.75) is 51.5 Å². The molecule has 0 radical (unpaired) electrons. The van der Waals surface area contributed by atoms with E-state index in [4.69, 9.17) is 0 Å². The molecular weight excluding hydrogens is 326 g/mol. The smallest absolute Gasteiger partial charge is 0.222 e. The summed E-state index contributed by atoms with van der Waals surface area (Å²) in [4.78, 5) is 14.5. The van der Waals surface area contributed by atoms with Gasteiger partial charge >= 0.3 is 0 Å². The molecule has 0 aromatic heterocycles. The number of hydrogen-bond acceptors (Lipinski definition) is 1. The Morgan fingerprint density at radius 2 is 1.86 bits per heavy atom. The molecule has 0 aliphatic heterocycles. The third-order valence-electron chi connectivity index (χ3n) is 4.41.